The number of ether oxygens (including phenoxy) is 2. The number of hydrogen-bond acceptors (Lipinski definition) is 5. The van der Waals surface area contributed by atoms with Crippen LogP contribution in [0.4, 0.5) is 5.82 Å². The molecule has 0 saturated carbocycles. The lowest BCUT2D eigenvalue weighted by atomic mass is 10.3. The van der Waals surface area contributed by atoms with Crippen molar-refractivity contribution < 1.29 is 14.3 Å². The largest absolute Gasteiger partial charge is 0.497 e. The third-order valence-corrected chi connectivity index (χ3v) is 4.24. The van der Waals surface area contributed by atoms with Gasteiger partial charge in [-0.1, -0.05) is 6.07 Å². The molecule has 0 bridgehead atoms. The highest BCUT2D eigenvalue weighted by Gasteiger charge is 2.19. The average Bonchev–Trinajstić information content (AvgIpc) is 3.31. The number of thiophene rings is 1. The predicted octanol–water partition coefficient (Wildman–Crippen LogP) is 3.09. The molecule has 6 nitrogen and oxygen atoms in total. The van der Waals surface area contributed by atoms with Gasteiger partial charge < -0.3 is 9.47 Å². The number of amides is 1. The number of nitrogens with zero attached hydrogens (tertiary/aromatic N) is 2. The third kappa shape index (κ3) is 3.94. The van der Waals surface area contributed by atoms with Crippen molar-refractivity contribution in [1.82, 2.24) is 10.2 Å². The van der Waals surface area contributed by atoms with Gasteiger partial charge in [-0.3, -0.25) is 14.8 Å². The fraction of sp³-hybridized carbons (Fsp3) is 0.176. The number of hydrogen-bond donors (Lipinski definition) is 1. The summed E-state index contributed by atoms with van der Waals surface area (Å²) in [6, 6.07) is 12.8. The molecular formula is C17H17N3O3S. The summed E-state index contributed by atoms with van der Waals surface area (Å²) in [7, 11) is 1.60. The second-order valence-electron chi connectivity index (χ2n) is 4.96. The standard InChI is InChI=1S/C17H17N3O3S/c1-22-13-4-6-14(7-5-13)23-12-17(21)20(16-8-9-18-19-16)11-15-3-2-10-24-15/h2-10H,11-12H2,1H3,(H,18,19). The van der Waals surface area contributed by atoms with E-state index < -0.39 is 0 Å². The molecule has 0 aliphatic rings. The number of anilines is 1. The predicted molar refractivity (Wildman–Crippen MR) is 92.6 cm³/mol. The van der Waals surface area contributed by atoms with Gasteiger partial charge in [0.15, 0.2) is 12.4 Å². The van der Waals surface area contributed by atoms with E-state index in [4.69, 9.17) is 9.47 Å². The van der Waals surface area contributed by atoms with Crippen LogP contribution in [-0.4, -0.2) is 29.8 Å². The molecule has 0 fully saturated rings. The zero-order valence-corrected chi connectivity index (χ0v) is 14.0. The summed E-state index contributed by atoms with van der Waals surface area (Å²) in [5.74, 6) is 1.77. The van der Waals surface area contributed by atoms with Gasteiger partial charge in [0.05, 0.1) is 13.7 Å². The lowest BCUT2D eigenvalue weighted by Gasteiger charge is -2.19. The van der Waals surface area contributed by atoms with Gasteiger partial charge in [-0.05, 0) is 35.7 Å². The first-order chi connectivity index (χ1) is 11.8. The monoisotopic (exact) mass is 343 g/mol. The number of carbonyl (C=O) groups excluding carboxylic acids is 1. The van der Waals surface area contributed by atoms with Gasteiger partial charge in [-0.25, -0.2) is 0 Å². The van der Waals surface area contributed by atoms with Crippen LogP contribution in [0.25, 0.3) is 0 Å². The zero-order chi connectivity index (χ0) is 16.8. The molecule has 1 aromatic carbocycles. The van der Waals surface area contributed by atoms with Crippen molar-refractivity contribution in [3.05, 3.63) is 58.9 Å². The normalized spacial score (nSPS) is 10.4. The van der Waals surface area contributed by atoms with Crippen molar-refractivity contribution in [2.45, 2.75) is 6.54 Å². The molecular weight excluding hydrogens is 326 g/mol. The van der Waals surface area contributed by atoms with Crippen LogP contribution in [0, 0.1) is 0 Å². The van der Waals surface area contributed by atoms with Crippen LogP contribution in [0.3, 0.4) is 0 Å². The first kappa shape index (κ1) is 16.1. The topological polar surface area (TPSA) is 67.5 Å². The quantitative estimate of drug-likeness (QED) is 0.716. The lowest BCUT2D eigenvalue weighted by molar-refractivity contribution is -0.120. The lowest BCUT2D eigenvalue weighted by Crippen LogP contribution is -2.34. The average molecular weight is 343 g/mol. The van der Waals surface area contributed by atoms with Crippen molar-refractivity contribution in [3.8, 4) is 11.5 Å². The minimum Gasteiger partial charge on any atom is -0.497 e. The van der Waals surface area contributed by atoms with E-state index in [2.05, 4.69) is 10.2 Å². The number of H-pyrrole nitrogens is 1. The number of methoxy groups -OCH3 is 1. The van der Waals surface area contributed by atoms with Gasteiger partial charge in [-0.15, -0.1) is 11.3 Å². The SMILES string of the molecule is COc1ccc(OCC(=O)N(Cc2cccs2)c2cc[nH]n2)cc1. The Bertz CT molecular complexity index is 755. The number of carbonyl (C=O) groups is 1. The Morgan fingerprint density at radius 3 is 2.62 bits per heavy atom. The van der Waals surface area contributed by atoms with E-state index in [1.54, 1.807) is 59.9 Å². The highest BCUT2D eigenvalue weighted by atomic mass is 32.1. The summed E-state index contributed by atoms with van der Waals surface area (Å²) >= 11 is 1.60. The Kier molecular flexibility index (Phi) is 5.12. The molecule has 0 radical (unpaired) electrons. The minimum atomic E-state index is -0.161. The van der Waals surface area contributed by atoms with Gasteiger partial charge in [-0.2, -0.15) is 5.10 Å². The zero-order valence-electron chi connectivity index (χ0n) is 13.1. The smallest absolute Gasteiger partial charge is 0.266 e. The molecule has 0 aliphatic heterocycles. The maximum atomic E-state index is 12.6. The summed E-state index contributed by atoms with van der Waals surface area (Å²) in [5.41, 5.74) is 0. The molecule has 2 heterocycles. The van der Waals surface area contributed by atoms with E-state index in [0.29, 0.717) is 18.1 Å². The van der Waals surface area contributed by atoms with Gasteiger partial charge >= 0.3 is 0 Å². The Hall–Kier alpha value is -2.80. The van der Waals surface area contributed by atoms with E-state index in [-0.39, 0.29) is 12.5 Å². The summed E-state index contributed by atoms with van der Waals surface area (Å²) in [6.07, 6.45) is 1.69. The first-order valence-corrected chi connectivity index (χ1v) is 8.23. The molecule has 3 rings (SSSR count). The second kappa shape index (κ2) is 7.65. The maximum Gasteiger partial charge on any atom is 0.266 e. The Balaban J connectivity index is 1.66. The van der Waals surface area contributed by atoms with Gasteiger partial charge in [0.25, 0.3) is 5.91 Å². The van der Waals surface area contributed by atoms with Crippen LogP contribution in [0.2, 0.25) is 0 Å². The summed E-state index contributed by atoms with van der Waals surface area (Å²) in [6.45, 7) is 0.401. The van der Waals surface area contributed by atoms with Gasteiger partial charge in [0.1, 0.15) is 11.5 Å². The fourth-order valence-corrected chi connectivity index (χ4v) is 2.85. The summed E-state index contributed by atoms with van der Waals surface area (Å²) in [4.78, 5) is 15.3. The second-order valence-corrected chi connectivity index (χ2v) is 5.99. The van der Waals surface area contributed by atoms with Crippen molar-refractivity contribution in [1.29, 1.82) is 0 Å². The summed E-state index contributed by atoms with van der Waals surface area (Å²) < 4.78 is 10.7. The molecule has 24 heavy (non-hydrogen) atoms. The van der Waals surface area contributed by atoms with Crippen LogP contribution in [-0.2, 0) is 11.3 Å². The van der Waals surface area contributed by atoms with Crippen LogP contribution in [0.5, 0.6) is 11.5 Å². The molecule has 0 atom stereocenters. The molecule has 0 aliphatic carbocycles. The molecule has 1 N–H and O–H groups in total. The van der Waals surface area contributed by atoms with E-state index in [1.165, 1.54) is 0 Å². The minimum absolute atomic E-state index is 0.0649. The highest BCUT2D eigenvalue weighted by molar-refractivity contribution is 7.09. The fourth-order valence-electron chi connectivity index (χ4n) is 2.15. The Labute approximate surface area is 143 Å². The van der Waals surface area contributed by atoms with E-state index >= 15 is 0 Å². The van der Waals surface area contributed by atoms with Crippen LogP contribution < -0.4 is 14.4 Å². The van der Waals surface area contributed by atoms with E-state index in [1.807, 2.05) is 17.5 Å². The molecule has 124 valence electrons. The highest BCUT2D eigenvalue weighted by Crippen LogP contribution is 2.19. The number of aromatic nitrogens is 2. The van der Waals surface area contributed by atoms with Gasteiger partial charge in [0.2, 0.25) is 0 Å². The van der Waals surface area contributed by atoms with Crippen molar-refractivity contribution in [3.63, 3.8) is 0 Å². The van der Waals surface area contributed by atoms with Crippen LogP contribution >= 0.6 is 11.3 Å². The molecule has 0 saturated heterocycles. The number of benzene rings is 1. The maximum absolute atomic E-state index is 12.6. The first-order valence-electron chi connectivity index (χ1n) is 7.35. The van der Waals surface area contributed by atoms with Crippen LogP contribution in [0.15, 0.2) is 54.0 Å². The number of nitrogens with one attached hydrogen (secondary N) is 1. The van der Waals surface area contributed by atoms with Crippen molar-refractivity contribution in [2.75, 3.05) is 18.6 Å². The van der Waals surface area contributed by atoms with Gasteiger partial charge in [0, 0.05) is 17.1 Å². The summed E-state index contributed by atoms with van der Waals surface area (Å²) in [5, 5.41) is 8.83. The molecule has 3 aromatic rings. The molecule has 7 heteroatoms. The van der Waals surface area contributed by atoms with Crippen molar-refractivity contribution >= 4 is 23.1 Å². The van der Waals surface area contributed by atoms with E-state index in [0.717, 1.165) is 10.6 Å². The Morgan fingerprint density at radius 2 is 2.00 bits per heavy atom. The Morgan fingerprint density at radius 1 is 1.21 bits per heavy atom. The van der Waals surface area contributed by atoms with E-state index in [9.17, 15) is 4.79 Å². The van der Waals surface area contributed by atoms with Crippen LogP contribution in [0.1, 0.15) is 4.88 Å². The third-order valence-electron chi connectivity index (χ3n) is 3.38. The molecule has 0 spiro atoms. The number of aromatic amines is 1. The molecule has 1 amide bonds. The van der Waals surface area contributed by atoms with Crippen molar-refractivity contribution in [2.24, 2.45) is 0 Å². The number of rotatable bonds is 7. The molecule has 0 unspecified atom stereocenters. The molecule has 2 aromatic heterocycles.